The lowest BCUT2D eigenvalue weighted by Gasteiger charge is -2.13. The zero-order chi connectivity index (χ0) is 18.8. The maximum Gasteiger partial charge on any atom is 0.410 e. The van der Waals surface area contributed by atoms with E-state index in [1.165, 1.54) is 5.56 Å². The minimum atomic E-state index is -0.661. The summed E-state index contributed by atoms with van der Waals surface area (Å²) < 4.78 is 4.92. The summed E-state index contributed by atoms with van der Waals surface area (Å²) in [5.74, 6) is -1.20. The second-order valence-electron chi connectivity index (χ2n) is 6.86. The molecule has 2 aromatic rings. The number of fused-ring (bicyclic) bond motifs is 1. The Labute approximate surface area is 157 Å². The van der Waals surface area contributed by atoms with Crippen LogP contribution >= 0.6 is 0 Å². The molecule has 6 heteroatoms. The van der Waals surface area contributed by atoms with E-state index in [1.807, 2.05) is 18.2 Å². The molecule has 138 valence electrons. The molecule has 6 nitrogen and oxygen atoms in total. The third-order valence-corrected chi connectivity index (χ3v) is 4.97. The molecule has 0 bridgehead atoms. The van der Waals surface area contributed by atoms with Gasteiger partial charge in [0.05, 0.1) is 6.54 Å². The molecule has 1 heterocycles. The number of Topliss-reactive ketones (excluding diaryl/α,β-unsaturated/α-hetero) is 1. The minimum Gasteiger partial charge on any atom is -0.448 e. The summed E-state index contributed by atoms with van der Waals surface area (Å²) in [4.78, 5) is 38.0. The van der Waals surface area contributed by atoms with E-state index in [1.54, 1.807) is 29.2 Å². The van der Waals surface area contributed by atoms with Crippen molar-refractivity contribution in [1.82, 2.24) is 4.90 Å². The Bertz CT molecular complexity index is 922. The molecule has 0 atom stereocenters. The van der Waals surface area contributed by atoms with Gasteiger partial charge in [0.15, 0.2) is 0 Å². The number of anilines is 1. The molecule has 2 aliphatic rings. The fraction of sp³-hybridized carbons (Fsp3) is 0.286. The van der Waals surface area contributed by atoms with Crippen LogP contribution in [0.2, 0.25) is 0 Å². The Kier molecular flexibility index (Phi) is 4.62. The van der Waals surface area contributed by atoms with Crippen molar-refractivity contribution in [3.05, 3.63) is 64.7 Å². The minimum absolute atomic E-state index is 0.337. The van der Waals surface area contributed by atoms with E-state index in [0.717, 1.165) is 30.4 Å². The number of nitrogens with one attached hydrogen (secondary N) is 1. The third-order valence-electron chi connectivity index (χ3n) is 4.97. The van der Waals surface area contributed by atoms with Gasteiger partial charge in [-0.1, -0.05) is 24.3 Å². The molecule has 0 spiro atoms. The van der Waals surface area contributed by atoms with Gasteiger partial charge in [-0.15, -0.1) is 0 Å². The van der Waals surface area contributed by atoms with E-state index in [0.29, 0.717) is 30.9 Å². The summed E-state index contributed by atoms with van der Waals surface area (Å²) in [6, 6.07) is 12.6. The number of ether oxygens (including phenoxy) is 1. The van der Waals surface area contributed by atoms with Crippen molar-refractivity contribution in [3.63, 3.8) is 0 Å². The van der Waals surface area contributed by atoms with Gasteiger partial charge in [-0.25, -0.2) is 4.79 Å². The van der Waals surface area contributed by atoms with Crippen LogP contribution in [0.1, 0.15) is 33.5 Å². The smallest absolute Gasteiger partial charge is 0.410 e. The number of amides is 2. The van der Waals surface area contributed by atoms with E-state index in [-0.39, 0.29) is 6.09 Å². The van der Waals surface area contributed by atoms with Gasteiger partial charge in [0.2, 0.25) is 0 Å². The van der Waals surface area contributed by atoms with Crippen molar-refractivity contribution in [2.75, 3.05) is 18.5 Å². The second-order valence-corrected chi connectivity index (χ2v) is 6.86. The van der Waals surface area contributed by atoms with E-state index in [9.17, 15) is 14.4 Å². The van der Waals surface area contributed by atoms with Crippen molar-refractivity contribution in [2.24, 2.45) is 0 Å². The molecule has 4 rings (SSSR count). The summed E-state index contributed by atoms with van der Waals surface area (Å²) in [6.07, 6.45) is 2.75. The third kappa shape index (κ3) is 3.69. The number of cyclic esters (lactones) is 1. The number of benzene rings is 2. The van der Waals surface area contributed by atoms with Gasteiger partial charge >= 0.3 is 6.09 Å². The quantitative estimate of drug-likeness (QED) is 0.654. The van der Waals surface area contributed by atoms with Crippen LogP contribution in [-0.2, 0) is 28.9 Å². The fourth-order valence-corrected chi connectivity index (χ4v) is 3.57. The monoisotopic (exact) mass is 364 g/mol. The first-order valence-corrected chi connectivity index (χ1v) is 9.08. The highest BCUT2D eigenvalue weighted by atomic mass is 16.6. The van der Waals surface area contributed by atoms with Crippen LogP contribution in [0.3, 0.4) is 0 Å². The van der Waals surface area contributed by atoms with Gasteiger partial charge in [-0.3, -0.25) is 9.59 Å². The Morgan fingerprint density at radius 3 is 2.74 bits per heavy atom. The second kappa shape index (κ2) is 7.23. The molecule has 0 unspecified atom stereocenters. The summed E-state index contributed by atoms with van der Waals surface area (Å²) in [6.45, 7) is 1.35. The topological polar surface area (TPSA) is 75.7 Å². The first-order valence-electron chi connectivity index (χ1n) is 9.08. The van der Waals surface area contributed by atoms with Crippen LogP contribution in [0.25, 0.3) is 0 Å². The van der Waals surface area contributed by atoms with Gasteiger partial charge in [0, 0.05) is 17.8 Å². The maximum atomic E-state index is 12.5. The molecule has 0 radical (unpaired) electrons. The lowest BCUT2D eigenvalue weighted by atomic mass is 10.0. The van der Waals surface area contributed by atoms with Gasteiger partial charge in [-0.2, -0.15) is 0 Å². The van der Waals surface area contributed by atoms with Crippen LogP contribution in [0, 0.1) is 0 Å². The Morgan fingerprint density at radius 2 is 1.93 bits per heavy atom. The summed E-state index contributed by atoms with van der Waals surface area (Å²) >= 11 is 0. The first-order chi connectivity index (χ1) is 13.1. The maximum absolute atomic E-state index is 12.5. The molecule has 27 heavy (non-hydrogen) atoms. The zero-order valence-corrected chi connectivity index (χ0v) is 14.9. The van der Waals surface area contributed by atoms with Crippen molar-refractivity contribution < 1.29 is 19.1 Å². The molecule has 1 fully saturated rings. The Morgan fingerprint density at radius 1 is 1.07 bits per heavy atom. The Hall–Kier alpha value is -3.15. The molecular formula is C21H20N2O4. The lowest BCUT2D eigenvalue weighted by Crippen LogP contribution is -2.24. The molecule has 1 aliphatic carbocycles. The van der Waals surface area contributed by atoms with Crippen molar-refractivity contribution in [3.8, 4) is 0 Å². The summed E-state index contributed by atoms with van der Waals surface area (Å²) in [5, 5.41) is 2.66. The molecule has 2 amide bonds. The lowest BCUT2D eigenvalue weighted by molar-refractivity contribution is -0.112. The zero-order valence-electron chi connectivity index (χ0n) is 14.9. The summed E-state index contributed by atoms with van der Waals surface area (Å²) in [5.41, 5.74) is 4.23. The number of aryl methyl sites for hydroxylation is 2. The van der Waals surface area contributed by atoms with Gasteiger partial charge in [0.1, 0.15) is 6.61 Å². The fourth-order valence-electron chi connectivity index (χ4n) is 3.57. The van der Waals surface area contributed by atoms with Crippen molar-refractivity contribution in [1.29, 1.82) is 0 Å². The van der Waals surface area contributed by atoms with Crippen LogP contribution in [0.5, 0.6) is 0 Å². The standard InChI is InChI=1S/C21H20N2O4/c24-19(17-8-7-15-4-2-5-16(15)12-17)20(25)22-18-6-1-3-14(11-18)13-23-9-10-27-21(23)26/h1,3,6-8,11-12H,2,4-5,9-10,13H2,(H,22,25). The van der Waals surface area contributed by atoms with E-state index in [4.69, 9.17) is 4.74 Å². The average molecular weight is 364 g/mol. The Balaban J connectivity index is 1.44. The normalized spacial score (nSPS) is 15.4. The molecule has 0 aromatic heterocycles. The number of ketones is 1. The predicted molar refractivity (Wildman–Crippen MR) is 99.6 cm³/mol. The number of rotatable bonds is 5. The molecular weight excluding hydrogens is 344 g/mol. The van der Waals surface area contributed by atoms with E-state index in [2.05, 4.69) is 5.32 Å². The van der Waals surface area contributed by atoms with Gasteiger partial charge in [0.25, 0.3) is 11.7 Å². The molecule has 1 N–H and O–H groups in total. The molecule has 1 saturated heterocycles. The van der Waals surface area contributed by atoms with Gasteiger partial charge < -0.3 is 15.0 Å². The van der Waals surface area contributed by atoms with Crippen molar-refractivity contribution >= 4 is 23.5 Å². The van der Waals surface area contributed by atoms with E-state index < -0.39 is 11.7 Å². The molecule has 1 aliphatic heterocycles. The highest BCUT2D eigenvalue weighted by molar-refractivity contribution is 6.46. The largest absolute Gasteiger partial charge is 0.448 e. The van der Waals surface area contributed by atoms with Crippen molar-refractivity contribution in [2.45, 2.75) is 25.8 Å². The molecule has 2 aromatic carbocycles. The number of carbonyl (C=O) groups excluding carboxylic acids is 3. The summed E-state index contributed by atoms with van der Waals surface area (Å²) in [7, 11) is 0. The first kappa shape index (κ1) is 17.3. The average Bonchev–Trinajstić information content (AvgIpc) is 3.30. The number of carbonyl (C=O) groups is 3. The van der Waals surface area contributed by atoms with Crippen LogP contribution < -0.4 is 5.32 Å². The predicted octanol–water partition coefficient (Wildman–Crippen LogP) is 2.95. The highest BCUT2D eigenvalue weighted by Gasteiger charge is 2.22. The number of nitrogens with zero attached hydrogens (tertiary/aromatic N) is 1. The van der Waals surface area contributed by atoms with Gasteiger partial charge in [-0.05, 0) is 54.2 Å². The van der Waals surface area contributed by atoms with Crippen LogP contribution in [0.15, 0.2) is 42.5 Å². The van der Waals surface area contributed by atoms with E-state index >= 15 is 0 Å². The SMILES string of the molecule is O=C(Nc1cccc(CN2CCOC2=O)c1)C(=O)c1ccc2c(c1)CCC2. The van der Waals surface area contributed by atoms with Crippen LogP contribution in [0.4, 0.5) is 10.5 Å². The molecule has 0 saturated carbocycles. The highest BCUT2D eigenvalue weighted by Crippen LogP contribution is 2.23. The van der Waals surface area contributed by atoms with Crippen LogP contribution in [-0.4, -0.2) is 35.8 Å². The number of hydrogen-bond donors (Lipinski definition) is 1. The number of hydrogen-bond acceptors (Lipinski definition) is 4.